The molecule has 2 rings (SSSR count). The lowest BCUT2D eigenvalue weighted by atomic mass is 10.0. The van der Waals surface area contributed by atoms with E-state index in [0.717, 1.165) is 5.56 Å². The minimum atomic E-state index is -0.0971. The summed E-state index contributed by atoms with van der Waals surface area (Å²) in [4.78, 5) is 13.3. The van der Waals surface area contributed by atoms with E-state index in [0.29, 0.717) is 6.54 Å². The fourth-order valence-electron chi connectivity index (χ4n) is 2.16. The van der Waals surface area contributed by atoms with Crippen LogP contribution in [0.4, 0.5) is 0 Å². The number of amides is 1. The fraction of sp³-hybridized carbons (Fsp3) is 0.312. The number of hydrogen-bond donors (Lipinski definition) is 1. The third-order valence-corrected chi connectivity index (χ3v) is 3.23. The van der Waals surface area contributed by atoms with Gasteiger partial charge >= 0.3 is 0 Å². The molecule has 3 nitrogen and oxygen atoms in total. The van der Waals surface area contributed by atoms with Gasteiger partial charge in [0, 0.05) is 20.0 Å². The van der Waals surface area contributed by atoms with E-state index in [4.69, 9.17) is 5.11 Å². The number of rotatable bonds is 4. The van der Waals surface area contributed by atoms with Gasteiger partial charge in [0.2, 0.25) is 5.91 Å². The van der Waals surface area contributed by atoms with Gasteiger partial charge in [-0.2, -0.15) is 0 Å². The number of aryl methyl sites for hydroxylation is 1. The lowest BCUT2D eigenvalue weighted by Crippen LogP contribution is -2.26. The van der Waals surface area contributed by atoms with Crippen LogP contribution in [0.1, 0.15) is 17.5 Å². The molecule has 0 saturated heterocycles. The standard InChI is InChI=1S/C16H19NO2/c1-12-3-5-15-10-13(4-6-14(15)9-12)11-17(2)16(19)7-8-18/h3-6,9-10,18H,7-8,11H2,1-2H3. The maximum Gasteiger partial charge on any atom is 0.224 e. The highest BCUT2D eigenvalue weighted by Crippen LogP contribution is 2.18. The molecule has 100 valence electrons. The molecule has 1 amide bonds. The molecule has 3 heteroatoms. The normalized spacial score (nSPS) is 10.7. The van der Waals surface area contributed by atoms with Crippen molar-refractivity contribution >= 4 is 16.7 Å². The molecule has 0 spiro atoms. The fourth-order valence-corrected chi connectivity index (χ4v) is 2.16. The smallest absolute Gasteiger partial charge is 0.224 e. The quantitative estimate of drug-likeness (QED) is 0.914. The van der Waals surface area contributed by atoms with E-state index < -0.39 is 0 Å². The Morgan fingerprint density at radius 3 is 2.58 bits per heavy atom. The molecular formula is C16H19NO2. The van der Waals surface area contributed by atoms with E-state index in [9.17, 15) is 4.79 Å². The van der Waals surface area contributed by atoms with E-state index in [1.807, 2.05) is 6.07 Å². The first-order valence-corrected chi connectivity index (χ1v) is 6.44. The first kappa shape index (κ1) is 13.6. The number of fused-ring (bicyclic) bond motifs is 1. The van der Waals surface area contributed by atoms with Gasteiger partial charge in [-0.15, -0.1) is 0 Å². The molecule has 0 aliphatic rings. The molecule has 0 radical (unpaired) electrons. The molecule has 1 N–H and O–H groups in total. The zero-order valence-electron chi connectivity index (χ0n) is 11.4. The second-order valence-corrected chi connectivity index (χ2v) is 4.91. The van der Waals surface area contributed by atoms with Crippen LogP contribution in [-0.2, 0) is 11.3 Å². The molecule has 0 heterocycles. The van der Waals surface area contributed by atoms with Crippen molar-refractivity contribution in [3.8, 4) is 0 Å². The molecule has 0 fully saturated rings. The summed E-state index contributed by atoms with van der Waals surface area (Å²) in [5.74, 6) is -0.0356. The lowest BCUT2D eigenvalue weighted by molar-refractivity contribution is -0.131. The molecule has 0 bridgehead atoms. The van der Waals surface area contributed by atoms with Crippen LogP contribution in [0, 0.1) is 6.92 Å². The molecule has 19 heavy (non-hydrogen) atoms. The molecule has 0 aliphatic carbocycles. The van der Waals surface area contributed by atoms with Gasteiger partial charge in [-0.1, -0.05) is 35.9 Å². The Kier molecular flexibility index (Phi) is 4.17. The molecule has 0 saturated carbocycles. The number of nitrogens with zero attached hydrogens (tertiary/aromatic N) is 1. The molecule has 2 aromatic rings. The number of carbonyl (C=O) groups excluding carboxylic acids is 1. The molecule has 2 aromatic carbocycles. The average molecular weight is 257 g/mol. The Hall–Kier alpha value is -1.87. The van der Waals surface area contributed by atoms with Gasteiger partial charge in [-0.3, -0.25) is 4.79 Å². The monoisotopic (exact) mass is 257 g/mol. The number of aliphatic hydroxyl groups excluding tert-OH is 1. The zero-order chi connectivity index (χ0) is 13.8. The molecule has 0 aromatic heterocycles. The van der Waals surface area contributed by atoms with E-state index in [2.05, 4.69) is 37.3 Å². The van der Waals surface area contributed by atoms with Gasteiger partial charge in [-0.05, 0) is 29.3 Å². The summed E-state index contributed by atoms with van der Waals surface area (Å²) in [6.45, 7) is 2.55. The van der Waals surface area contributed by atoms with Crippen molar-refractivity contribution in [1.29, 1.82) is 0 Å². The van der Waals surface area contributed by atoms with Gasteiger partial charge in [0.15, 0.2) is 0 Å². The summed E-state index contributed by atoms with van der Waals surface area (Å²) in [5.41, 5.74) is 2.35. The van der Waals surface area contributed by atoms with Crippen molar-refractivity contribution in [2.24, 2.45) is 0 Å². The number of carbonyl (C=O) groups is 1. The van der Waals surface area contributed by atoms with Crippen LogP contribution in [0.25, 0.3) is 10.8 Å². The van der Waals surface area contributed by atoms with Crippen LogP contribution in [0.2, 0.25) is 0 Å². The number of benzene rings is 2. The Morgan fingerprint density at radius 2 is 1.84 bits per heavy atom. The largest absolute Gasteiger partial charge is 0.396 e. The Balaban J connectivity index is 2.17. The van der Waals surface area contributed by atoms with Gasteiger partial charge < -0.3 is 10.0 Å². The van der Waals surface area contributed by atoms with Crippen LogP contribution in [0.5, 0.6) is 0 Å². The summed E-state index contributed by atoms with van der Waals surface area (Å²) in [5, 5.41) is 11.2. The minimum absolute atomic E-state index is 0.0356. The van der Waals surface area contributed by atoms with Crippen molar-refractivity contribution in [2.75, 3.05) is 13.7 Å². The van der Waals surface area contributed by atoms with Gasteiger partial charge in [0.25, 0.3) is 0 Å². The lowest BCUT2D eigenvalue weighted by Gasteiger charge is -2.17. The third kappa shape index (κ3) is 3.32. The number of hydrogen-bond acceptors (Lipinski definition) is 2. The van der Waals surface area contributed by atoms with Crippen molar-refractivity contribution < 1.29 is 9.90 Å². The second-order valence-electron chi connectivity index (χ2n) is 4.91. The predicted molar refractivity (Wildman–Crippen MR) is 76.9 cm³/mol. The second kappa shape index (κ2) is 5.85. The van der Waals surface area contributed by atoms with Crippen molar-refractivity contribution in [2.45, 2.75) is 19.9 Å². The van der Waals surface area contributed by atoms with Gasteiger partial charge in [0.05, 0.1) is 6.61 Å². The molecular weight excluding hydrogens is 238 g/mol. The summed E-state index contributed by atoms with van der Waals surface area (Å²) in [7, 11) is 1.76. The molecule has 0 unspecified atom stereocenters. The highest BCUT2D eigenvalue weighted by molar-refractivity contribution is 5.84. The first-order valence-electron chi connectivity index (χ1n) is 6.44. The van der Waals surface area contributed by atoms with Crippen LogP contribution >= 0.6 is 0 Å². The topological polar surface area (TPSA) is 40.5 Å². The maximum atomic E-state index is 11.6. The number of aliphatic hydroxyl groups is 1. The van der Waals surface area contributed by atoms with Gasteiger partial charge in [0.1, 0.15) is 0 Å². The highest BCUT2D eigenvalue weighted by atomic mass is 16.3. The zero-order valence-corrected chi connectivity index (χ0v) is 11.4. The van der Waals surface area contributed by atoms with Gasteiger partial charge in [-0.25, -0.2) is 0 Å². The third-order valence-electron chi connectivity index (χ3n) is 3.23. The van der Waals surface area contributed by atoms with Crippen LogP contribution < -0.4 is 0 Å². The average Bonchev–Trinajstić information content (AvgIpc) is 2.39. The highest BCUT2D eigenvalue weighted by Gasteiger charge is 2.08. The predicted octanol–water partition coefficient (Wildman–Crippen LogP) is 2.49. The SMILES string of the molecule is Cc1ccc2cc(CN(C)C(=O)CCO)ccc2c1. The van der Waals surface area contributed by atoms with Crippen molar-refractivity contribution in [3.05, 3.63) is 47.5 Å². The van der Waals surface area contributed by atoms with E-state index in [1.54, 1.807) is 11.9 Å². The summed E-state index contributed by atoms with van der Waals surface area (Å²) in [6.07, 6.45) is 0.184. The van der Waals surface area contributed by atoms with Crippen LogP contribution in [-0.4, -0.2) is 29.6 Å². The van der Waals surface area contributed by atoms with Crippen LogP contribution in [0.15, 0.2) is 36.4 Å². The Morgan fingerprint density at radius 1 is 1.16 bits per heavy atom. The van der Waals surface area contributed by atoms with Crippen molar-refractivity contribution in [1.82, 2.24) is 4.90 Å². The molecule has 0 atom stereocenters. The summed E-state index contributed by atoms with van der Waals surface area (Å²) < 4.78 is 0. The summed E-state index contributed by atoms with van der Waals surface area (Å²) >= 11 is 0. The minimum Gasteiger partial charge on any atom is -0.396 e. The van der Waals surface area contributed by atoms with Crippen molar-refractivity contribution in [3.63, 3.8) is 0 Å². The Labute approximate surface area is 113 Å². The first-order chi connectivity index (χ1) is 9.10. The van der Waals surface area contributed by atoms with E-state index in [-0.39, 0.29) is 18.9 Å². The van der Waals surface area contributed by atoms with E-state index >= 15 is 0 Å². The van der Waals surface area contributed by atoms with E-state index in [1.165, 1.54) is 16.3 Å². The summed E-state index contributed by atoms with van der Waals surface area (Å²) in [6, 6.07) is 12.6. The Bertz CT molecular complexity index is 592. The maximum absolute atomic E-state index is 11.6. The molecule has 0 aliphatic heterocycles. The van der Waals surface area contributed by atoms with Crippen LogP contribution in [0.3, 0.4) is 0 Å².